The lowest BCUT2D eigenvalue weighted by atomic mass is 10.0. The van der Waals surface area contributed by atoms with Gasteiger partial charge in [0.25, 0.3) is 11.8 Å². The quantitative estimate of drug-likeness (QED) is 0.628. The van der Waals surface area contributed by atoms with Crippen LogP contribution in [0.2, 0.25) is 0 Å². The van der Waals surface area contributed by atoms with Crippen molar-refractivity contribution in [2.45, 2.75) is 19.9 Å². The molecule has 1 unspecified atom stereocenters. The molecule has 0 radical (unpaired) electrons. The molecule has 7 heteroatoms. The van der Waals surface area contributed by atoms with Crippen LogP contribution in [0.15, 0.2) is 54.6 Å². The van der Waals surface area contributed by atoms with Crippen molar-refractivity contribution in [3.63, 3.8) is 0 Å². The third-order valence-electron chi connectivity index (χ3n) is 4.56. The summed E-state index contributed by atoms with van der Waals surface area (Å²) in [6, 6.07) is 16.0. The minimum atomic E-state index is -0.455. The minimum absolute atomic E-state index is 0.0412. The minimum Gasteiger partial charge on any atom is -0.343 e. The lowest BCUT2D eigenvalue weighted by Crippen LogP contribution is -3.14. The van der Waals surface area contributed by atoms with E-state index in [0.717, 1.165) is 10.5 Å². The van der Waals surface area contributed by atoms with Crippen LogP contribution in [0, 0.1) is 0 Å². The second-order valence-corrected chi connectivity index (χ2v) is 7.07. The van der Waals surface area contributed by atoms with Gasteiger partial charge in [-0.15, -0.1) is 0 Å². The molecule has 0 saturated heterocycles. The summed E-state index contributed by atoms with van der Waals surface area (Å²) in [7, 11) is 3.45. The predicted molar refractivity (Wildman–Crippen MR) is 114 cm³/mol. The fourth-order valence-electron chi connectivity index (χ4n) is 3.14. The van der Waals surface area contributed by atoms with Crippen molar-refractivity contribution >= 4 is 29.1 Å². The number of amides is 3. The number of carbonyl (C=O) groups excluding carboxylic acids is 3. The third-order valence-corrected chi connectivity index (χ3v) is 4.56. The summed E-state index contributed by atoms with van der Waals surface area (Å²) in [5.74, 6) is -0.372. The van der Waals surface area contributed by atoms with E-state index in [4.69, 9.17) is 0 Å². The number of nitrogens with one attached hydrogen (secondary N) is 3. The van der Waals surface area contributed by atoms with E-state index < -0.39 is 6.04 Å². The van der Waals surface area contributed by atoms with Gasteiger partial charge in [0, 0.05) is 38.0 Å². The highest BCUT2D eigenvalue weighted by Crippen LogP contribution is 2.14. The van der Waals surface area contributed by atoms with Crippen molar-refractivity contribution < 1.29 is 19.3 Å². The molecule has 154 valence electrons. The molecule has 0 spiro atoms. The number of rotatable bonds is 8. The molecule has 2 rings (SSSR count). The monoisotopic (exact) mass is 397 g/mol. The van der Waals surface area contributed by atoms with Crippen LogP contribution in [0.4, 0.5) is 11.4 Å². The Morgan fingerprint density at radius 3 is 1.97 bits per heavy atom. The van der Waals surface area contributed by atoms with Crippen LogP contribution < -0.4 is 15.5 Å². The first kappa shape index (κ1) is 22.1. The molecule has 2 atom stereocenters. The predicted octanol–water partition coefficient (Wildman–Crippen LogP) is 1.32. The maximum absolute atomic E-state index is 12.8. The van der Waals surface area contributed by atoms with Crippen LogP contribution in [0.5, 0.6) is 0 Å². The van der Waals surface area contributed by atoms with Gasteiger partial charge in [0.1, 0.15) is 0 Å². The van der Waals surface area contributed by atoms with Gasteiger partial charge in [0.2, 0.25) is 5.91 Å². The van der Waals surface area contributed by atoms with E-state index in [0.29, 0.717) is 17.9 Å². The number of carbonyl (C=O) groups is 3. The molecule has 0 aliphatic carbocycles. The summed E-state index contributed by atoms with van der Waals surface area (Å²) in [6.07, 6.45) is 0. The topological polar surface area (TPSA) is 83.0 Å². The Morgan fingerprint density at radius 2 is 1.48 bits per heavy atom. The first-order chi connectivity index (χ1) is 13.8. The van der Waals surface area contributed by atoms with E-state index in [1.165, 1.54) is 6.92 Å². The molecule has 0 fully saturated rings. The first-order valence-electron chi connectivity index (χ1n) is 9.60. The van der Waals surface area contributed by atoms with Gasteiger partial charge in [-0.1, -0.05) is 30.3 Å². The molecule has 2 aromatic carbocycles. The third kappa shape index (κ3) is 6.43. The lowest BCUT2D eigenvalue weighted by molar-refractivity contribution is -0.912. The highest BCUT2D eigenvalue weighted by Gasteiger charge is 2.33. The molecular formula is C22H29N4O3+. The number of likely N-dealkylation sites (N-methyl/N-ethyl adjacent to an activating group) is 2. The van der Waals surface area contributed by atoms with Crippen molar-refractivity contribution in [1.82, 2.24) is 4.90 Å². The Hall–Kier alpha value is -3.19. The summed E-state index contributed by atoms with van der Waals surface area (Å²) in [5.41, 5.74) is 2.18. The second kappa shape index (κ2) is 10.4. The van der Waals surface area contributed by atoms with E-state index in [1.807, 2.05) is 37.3 Å². The average molecular weight is 397 g/mol. The fourth-order valence-corrected chi connectivity index (χ4v) is 3.14. The molecule has 0 aliphatic rings. The summed E-state index contributed by atoms with van der Waals surface area (Å²) in [4.78, 5) is 39.0. The van der Waals surface area contributed by atoms with Gasteiger partial charge in [-0.3, -0.25) is 14.4 Å². The van der Waals surface area contributed by atoms with Gasteiger partial charge in [0.15, 0.2) is 12.6 Å². The Bertz CT molecular complexity index is 835. The Morgan fingerprint density at radius 1 is 0.931 bits per heavy atom. The van der Waals surface area contributed by atoms with E-state index in [1.54, 1.807) is 43.3 Å². The average Bonchev–Trinajstić information content (AvgIpc) is 2.69. The maximum Gasteiger partial charge on any atom is 0.285 e. The summed E-state index contributed by atoms with van der Waals surface area (Å²) < 4.78 is 0. The number of nitrogens with zero attached hydrogens (tertiary/aromatic N) is 1. The fraction of sp³-hybridized carbons (Fsp3) is 0.318. The molecule has 29 heavy (non-hydrogen) atoms. The number of hydrogen-bond acceptors (Lipinski definition) is 3. The van der Waals surface area contributed by atoms with Gasteiger partial charge < -0.3 is 20.4 Å². The van der Waals surface area contributed by atoms with E-state index in [9.17, 15) is 14.4 Å². The van der Waals surface area contributed by atoms with Crippen molar-refractivity contribution in [3.8, 4) is 0 Å². The zero-order chi connectivity index (χ0) is 21.4. The Balaban J connectivity index is 2.12. The van der Waals surface area contributed by atoms with E-state index in [-0.39, 0.29) is 24.3 Å². The number of benzene rings is 2. The maximum atomic E-state index is 12.8. The molecular weight excluding hydrogens is 368 g/mol. The highest BCUT2D eigenvalue weighted by molar-refractivity contribution is 5.93. The summed E-state index contributed by atoms with van der Waals surface area (Å²) in [6.45, 7) is 4.18. The molecule has 3 amide bonds. The van der Waals surface area contributed by atoms with E-state index in [2.05, 4.69) is 10.6 Å². The molecule has 7 nitrogen and oxygen atoms in total. The normalized spacial score (nSPS) is 12.6. The number of anilines is 2. The number of hydrogen-bond donors (Lipinski definition) is 3. The van der Waals surface area contributed by atoms with Gasteiger partial charge >= 0.3 is 0 Å². The summed E-state index contributed by atoms with van der Waals surface area (Å²) >= 11 is 0. The van der Waals surface area contributed by atoms with Crippen LogP contribution in [-0.2, 0) is 14.4 Å². The van der Waals surface area contributed by atoms with Crippen molar-refractivity contribution in [3.05, 3.63) is 60.2 Å². The lowest BCUT2D eigenvalue weighted by Gasteiger charge is -2.28. The van der Waals surface area contributed by atoms with Crippen molar-refractivity contribution in [2.75, 3.05) is 37.8 Å². The van der Waals surface area contributed by atoms with Gasteiger partial charge in [-0.25, -0.2) is 0 Å². The second-order valence-electron chi connectivity index (χ2n) is 7.07. The van der Waals surface area contributed by atoms with Crippen LogP contribution in [0.25, 0.3) is 0 Å². The summed E-state index contributed by atoms with van der Waals surface area (Å²) in [5, 5.41) is 5.55. The largest absolute Gasteiger partial charge is 0.343 e. The smallest absolute Gasteiger partial charge is 0.285 e. The van der Waals surface area contributed by atoms with Crippen LogP contribution >= 0.6 is 0 Å². The van der Waals surface area contributed by atoms with Gasteiger partial charge in [0.05, 0.1) is 6.54 Å². The zero-order valence-corrected chi connectivity index (χ0v) is 17.4. The van der Waals surface area contributed by atoms with Crippen LogP contribution in [0.1, 0.15) is 25.5 Å². The molecule has 0 bridgehead atoms. The van der Waals surface area contributed by atoms with Crippen molar-refractivity contribution in [1.29, 1.82) is 0 Å². The molecule has 3 N–H and O–H groups in total. The van der Waals surface area contributed by atoms with Crippen molar-refractivity contribution in [2.24, 2.45) is 0 Å². The first-order valence-corrected chi connectivity index (χ1v) is 9.60. The van der Waals surface area contributed by atoms with Crippen LogP contribution in [-0.4, -0.2) is 49.8 Å². The highest BCUT2D eigenvalue weighted by atomic mass is 16.2. The zero-order valence-electron chi connectivity index (χ0n) is 17.4. The molecule has 0 saturated carbocycles. The standard InChI is InChI=1S/C22H28N4O3/c1-5-26(21(22(29)25(3)4)17-9-7-6-8-10-17)15-20(28)24-19-13-11-18(12-14-19)23-16(2)27/h6-14,21H,5,15H2,1-4H3,(H,23,27)(H,24,28)/p+1/t21-/m0/s1. The molecule has 0 aromatic heterocycles. The number of quaternary nitrogens is 1. The molecule has 0 aliphatic heterocycles. The molecule has 2 aromatic rings. The Kier molecular flexibility index (Phi) is 7.91. The van der Waals surface area contributed by atoms with Gasteiger partial charge in [-0.2, -0.15) is 0 Å². The Labute approximate surface area is 171 Å². The molecule has 0 heterocycles. The van der Waals surface area contributed by atoms with Gasteiger partial charge in [-0.05, 0) is 31.2 Å². The van der Waals surface area contributed by atoms with Crippen LogP contribution in [0.3, 0.4) is 0 Å². The van der Waals surface area contributed by atoms with E-state index >= 15 is 0 Å². The SMILES string of the molecule is CC[NH+](CC(=O)Nc1ccc(NC(C)=O)cc1)[C@H](C(=O)N(C)C)c1ccccc1.